The number of quaternary nitrogens is 1. The van der Waals surface area contributed by atoms with Gasteiger partial charge in [0.1, 0.15) is 23.3 Å². The Kier molecular flexibility index (Phi) is 5.57. The summed E-state index contributed by atoms with van der Waals surface area (Å²) >= 11 is 0. The Bertz CT molecular complexity index is 1550. The average molecular weight is 482 g/mol. The molecule has 0 bridgehead atoms. The molecule has 182 valence electrons. The number of likely N-dealkylation sites (N-methyl/N-ethyl adjacent to an activating group) is 1. The molecule has 0 radical (unpaired) electrons. The highest BCUT2D eigenvalue weighted by Crippen LogP contribution is 2.24. The smallest absolute Gasteiger partial charge is 0.154 e. The summed E-state index contributed by atoms with van der Waals surface area (Å²) < 4.78 is 3.62. The van der Waals surface area contributed by atoms with Crippen molar-refractivity contribution in [2.45, 2.75) is 18.9 Å². The molecule has 0 aliphatic carbocycles. The molecule has 0 saturated carbocycles. The van der Waals surface area contributed by atoms with E-state index in [1.165, 1.54) is 4.90 Å². The molecule has 36 heavy (non-hydrogen) atoms. The number of aliphatic imine (C=N–C) groups is 3. The fraction of sp³-hybridized carbons (Fsp3) is 0.269. The molecule has 6 rings (SSSR count). The average Bonchev–Trinajstić information content (AvgIpc) is 3.60. The Hall–Kier alpha value is -4.31. The first-order valence-corrected chi connectivity index (χ1v) is 12.2. The molecular weight excluding hydrogens is 452 g/mol. The van der Waals surface area contributed by atoms with Gasteiger partial charge in [-0.05, 0) is 30.3 Å². The summed E-state index contributed by atoms with van der Waals surface area (Å²) in [6.07, 6.45) is 10.8. The molecular formula is C26H29N10+. The predicted octanol–water partition coefficient (Wildman–Crippen LogP) is 1.65. The maximum Gasteiger partial charge on any atom is 0.154 e. The van der Waals surface area contributed by atoms with Crippen molar-refractivity contribution >= 4 is 39.8 Å². The van der Waals surface area contributed by atoms with Gasteiger partial charge in [-0.1, -0.05) is 12.1 Å². The SMILES string of the molecule is C[NH+](C)C1CCN(C2=NC(=Nc3cnn4ccccc34)CC(=Nc3cnn4ccccc34)C=C2N)C1. The van der Waals surface area contributed by atoms with Crippen molar-refractivity contribution in [3.63, 3.8) is 0 Å². The summed E-state index contributed by atoms with van der Waals surface area (Å²) in [6, 6.07) is 12.4. The van der Waals surface area contributed by atoms with Gasteiger partial charge in [0, 0.05) is 25.4 Å². The Labute approximate surface area is 208 Å². The van der Waals surface area contributed by atoms with E-state index < -0.39 is 0 Å². The Morgan fingerprint density at radius 1 is 0.944 bits per heavy atom. The van der Waals surface area contributed by atoms with Gasteiger partial charge in [-0.15, -0.1) is 0 Å². The number of allylic oxidation sites excluding steroid dienone is 1. The Morgan fingerprint density at radius 2 is 1.61 bits per heavy atom. The number of rotatable bonds is 3. The molecule has 1 unspecified atom stereocenters. The fourth-order valence-electron chi connectivity index (χ4n) is 4.81. The van der Waals surface area contributed by atoms with Crippen LogP contribution in [0.3, 0.4) is 0 Å². The van der Waals surface area contributed by atoms with Gasteiger partial charge in [0.25, 0.3) is 0 Å². The molecule has 10 heteroatoms. The number of nitrogens with two attached hydrogens (primary N) is 1. The van der Waals surface area contributed by atoms with Crippen LogP contribution in [0.5, 0.6) is 0 Å². The van der Waals surface area contributed by atoms with Crippen molar-refractivity contribution in [1.29, 1.82) is 0 Å². The highest BCUT2D eigenvalue weighted by Gasteiger charge is 2.31. The van der Waals surface area contributed by atoms with Crippen LogP contribution in [-0.4, -0.2) is 74.7 Å². The van der Waals surface area contributed by atoms with Gasteiger partial charge in [0.05, 0.1) is 61.9 Å². The number of hydrogen-bond acceptors (Lipinski definition) is 6. The summed E-state index contributed by atoms with van der Waals surface area (Å²) in [4.78, 5) is 18.6. The molecule has 10 nitrogen and oxygen atoms in total. The van der Waals surface area contributed by atoms with Crippen molar-refractivity contribution < 1.29 is 4.90 Å². The second-order valence-corrected chi connectivity index (χ2v) is 9.47. The zero-order valence-corrected chi connectivity index (χ0v) is 20.4. The van der Waals surface area contributed by atoms with Crippen LogP contribution in [0.15, 0.2) is 87.9 Å². The highest BCUT2D eigenvalue weighted by molar-refractivity contribution is 6.20. The van der Waals surface area contributed by atoms with E-state index in [2.05, 4.69) is 29.2 Å². The van der Waals surface area contributed by atoms with E-state index in [0.717, 1.165) is 53.5 Å². The third kappa shape index (κ3) is 4.16. The molecule has 1 atom stereocenters. The molecule has 0 spiro atoms. The number of fused-ring (bicyclic) bond motifs is 2. The van der Waals surface area contributed by atoms with E-state index in [4.69, 9.17) is 20.7 Å². The van der Waals surface area contributed by atoms with Crippen molar-refractivity contribution in [3.05, 3.63) is 73.0 Å². The molecule has 3 N–H and O–H groups in total. The van der Waals surface area contributed by atoms with Gasteiger partial charge in [-0.3, -0.25) is 0 Å². The summed E-state index contributed by atoms with van der Waals surface area (Å²) in [7, 11) is 4.39. The molecule has 6 heterocycles. The van der Waals surface area contributed by atoms with Gasteiger partial charge in [0.15, 0.2) is 5.84 Å². The molecule has 1 saturated heterocycles. The van der Waals surface area contributed by atoms with Gasteiger partial charge < -0.3 is 15.5 Å². The van der Waals surface area contributed by atoms with Crippen molar-refractivity contribution in [2.24, 2.45) is 20.7 Å². The zero-order chi connectivity index (χ0) is 24.6. The topological polar surface area (TPSA) is 105 Å². The number of likely N-dealkylation sites (tertiary alicyclic amines) is 1. The van der Waals surface area contributed by atoms with E-state index in [1.54, 1.807) is 12.4 Å². The van der Waals surface area contributed by atoms with Crippen LogP contribution in [0.4, 0.5) is 11.4 Å². The minimum atomic E-state index is 0.439. The van der Waals surface area contributed by atoms with Crippen LogP contribution >= 0.6 is 0 Å². The van der Waals surface area contributed by atoms with Crippen molar-refractivity contribution in [2.75, 3.05) is 27.2 Å². The van der Waals surface area contributed by atoms with E-state index in [9.17, 15) is 0 Å². The molecule has 4 aromatic heterocycles. The molecule has 4 aromatic rings. The molecule has 2 aliphatic rings. The number of nitrogens with one attached hydrogen (secondary N) is 1. The number of pyridine rings is 2. The summed E-state index contributed by atoms with van der Waals surface area (Å²) in [5, 5.41) is 8.85. The fourth-order valence-corrected chi connectivity index (χ4v) is 4.81. The van der Waals surface area contributed by atoms with Crippen LogP contribution in [0.25, 0.3) is 11.0 Å². The van der Waals surface area contributed by atoms with Gasteiger partial charge in [-0.25, -0.2) is 24.0 Å². The standard InChI is InChI=1S/C26H28N10/c1-33(2)19-9-12-34(17-19)26-20(27)13-18(30-21-15-28-35-10-5-3-7-23(21)35)14-25(32-26)31-22-16-29-36-11-6-4-8-24(22)36/h3-8,10-11,13,15-16,19H,9,12,14,17,27H2,1-2H3/p+1. The van der Waals surface area contributed by atoms with E-state index in [1.807, 2.05) is 63.9 Å². The molecule has 0 aromatic carbocycles. The van der Waals surface area contributed by atoms with Gasteiger partial charge >= 0.3 is 0 Å². The summed E-state index contributed by atoms with van der Waals surface area (Å²) in [5.74, 6) is 1.41. The maximum atomic E-state index is 6.65. The third-order valence-corrected chi connectivity index (χ3v) is 6.78. The molecule has 2 aliphatic heterocycles. The summed E-state index contributed by atoms with van der Waals surface area (Å²) in [6.45, 7) is 1.81. The van der Waals surface area contributed by atoms with Crippen LogP contribution in [-0.2, 0) is 0 Å². The molecule has 1 fully saturated rings. The summed E-state index contributed by atoms with van der Waals surface area (Å²) in [5.41, 5.74) is 11.4. The molecule has 0 amide bonds. The maximum absolute atomic E-state index is 6.65. The normalized spacial score (nSPS) is 21.1. The lowest BCUT2D eigenvalue weighted by molar-refractivity contribution is -0.883. The first-order chi connectivity index (χ1) is 17.5. The largest absolute Gasteiger partial charge is 0.396 e. The Balaban J connectivity index is 1.43. The monoisotopic (exact) mass is 481 g/mol. The minimum absolute atomic E-state index is 0.439. The van der Waals surface area contributed by atoms with Crippen LogP contribution in [0.1, 0.15) is 12.8 Å². The van der Waals surface area contributed by atoms with E-state index >= 15 is 0 Å². The van der Waals surface area contributed by atoms with Gasteiger partial charge in [-0.2, -0.15) is 10.2 Å². The van der Waals surface area contributed by atoms with E-state index in [0.29, 0.717) is 24.0 Å². The Morgan fingerprint density at radius 3 is 2.25 bits per heavy atom. The first kappa shape index (κ1) is 22.2. The highest BCUT2D eigenvalue weighted by atomic mass is 15.3. The van der Waals surface area contributed by atoms with Crippen LogP contribution in [0.2, 0.25) is 0 Å². The number of nitrogens with zero attached hydrogens (tertiary/aromatic N) is 8. The number of hydrogen-bond donors (Lipinski definition) is 2. The van der Waals surface area contributed by atoms with Crippen LogP contribution in [0, 0.1) is 0 Å². The lowest BCUT2D eigenvalue weighted by Crippen LogP contribution is -3.10. The van der Waals surface area contributed by atoms with E-state index in [-0.39, 0.29) is 0 Å². The van der Waals surface area contributed by atoms with Gasteiger partial charge in [0.2, 0.25) is 0 Å². The zero-order valence-electron chi connectivity index (χ0n) is 20.4. The van der Waals surface area contributed by atoms with Crippen molar-refractivity contribution in [3.8, 4) is 0 Å². The second-order valence-electron chi connectivity index (χ2n) is 9.47. The quantitative estimate of drug-likeness (QED) is 0.464. The lowest BCUT2D eigenvalue weighted by Gasteiger charge is -2.21. The third-order valence-electron chi connectivity index (χ3n) is 6.78. The second kappa shape index (κ2) is 9.04. The number of aromatic nitrogens is 4. The van der Waals surface area contributed by atoms with Crippen LogP contribution < -0.4 is 10.6 Å². The first-order valence-electron chi connectivity index (χ1n) is 12.2. The number of amidine groups is 2. The lowest BCUT2D eigenvalue weighted by atomic mass is 10.2. The van der Waals surface area contributed by atoms with Crippen molar-refractivity contribution in [1.82, 2.24) is 24.1 Å². The minimum Gasteiger partial charge on any atom is -0.396 e. The predicted molar refractivity (Wildman–Crippen MR) is 142 cm³/mol.